The van der Waals surface area contributed by atoms with Gasteiger partial charge in [-0.25, -0.2) is 8.78 Å². The maximum atomic E-state index is 12.8. The van der Waals surface area contributed by atoms with Crippen LogP contribution >= 0.6 is 0 Å². The molecule has 0 heterocycles. The largest absolute Gasteiger partial charge is 0.204 e. The van der Waals surface area contributed by atoms with Gasteiger partial charge in [-0.05, 0) is 37.0 Å². The summed E-state index contributed by atoms with van der Waals surface area (Å²) in [6, 6.07) is 3.84. The third-order valence-corrected chi connectivity index (χ3v) is 1.87. The van der Waals surface area contributed by atoms with E-state index < -0.39 is 11.6 Å². The maximum Gasteiger partial charge on any atom is 0.159 e. The second kappa shape index (κ2) is 4.17. The van der Waals surface area contributed by atoms with Crippen molar-refractivity contribution in [3.63, 3.8) is 0 Å². The van der Waals surface area contributed by atoms with E-state index in [4.69, 9.17) is 0 Å². The average molecular weight is 181 g/mol. The van der Waals surface area contributed by atoms with Gasteiger partial charge in [-0.3, -0.25) is 0 Å². The summed E-state index contributed by atoms with van der Waals surface area (Å²) in [6.07, 6.45) is 2.37. The molecule has 0 N–H and O–H groups in total. The minimum absolute atomic E-state index is 0.0624. The molecule has 69 valence electrons. The monoisotopic (exact) mass is 181 g/mol. The van der Waals surface area contributed by atoms with Gasteiger partial charge in [-0.15, -0.1) is 6.58 Å². The summed E-state index contributed by atoms with van der Waals surface area (Å²) in [5, 5.41) is 0. The summed E-state index contributed by atoms with van der Waals surface area (Å²) in [6.45, 7) is 7.37. The molecule has 1 unspecified atom stereocenters. The van der Waals surface area contributed by atoms with Crippen molar-refractivity contribution in [3.05, 3.63) is 55.0 Å². The Morgan fingerprint density at radius 1 is 1.31 bits per heavy atom. The Kier molecular flexibility index (Phi) is 3.18. The smallest absolute Gasteiger partial charge is 0.159 e. The first-order valence-corrected chi connectivity index (χ1v) is 4.04. The fourth-order valence-corrected chi connectivity index (χ4v) is 1.10. The van der Waals surface area contributed by atoms with Gasteiger partial charge in [-0.2, -0.15) is 0 Å². The summed E-state index contributed by atoms with van der Waals surface area (Å²) in [5.41, 5.74) is 0.693. The van der Waals surface area contributed by atoms with E-state index in [1.807, 2.05) is 0 Å². The van der Waals surface area contributed by atoms with Crippen LogP contribution in [0.1, 0.15) is 17.9 Å². The molecule has 0 nitrogen and oxygen atoms in total. The zero-order valence-corrected chi connectivity index (χ0v) is 7.26. The molecule has 1 radical (unpaired) electrons. The fraction of sp³-hybridized carbons (Fsp3) is 0.182. The van der Waals surface area contributed by atoms with Crippen LogP contribution in [0.3, 0.4) is 0 Å². The molecule has 1 rings (SSSR count). The molecule has 1 atom stereocenters. The zero-order valence-electron chi connectivity index (χ0n) is 7.26. The molecule has 0 amide bonds. The van der Waals surface area contributed by atoms with Crippen LogP contribution in [-0.2, 0) is 0 Å². The number of hydrogen-bond acceptors (Lipinski definition) is 0. The van der Waals surface area contributed by atoms with Gasteiger partial charge < -0.3 is 0 Å². The number of benzene rings is 1. The topological polar surface area (TPSA) is 0 Å². The molecular weight excluding hydrogens is 170 g/mol. The third kappa shape index (κ3) is 2.38. The Bertz CT molecular complexity index is 305. The lowest BCUT2D eigenvalue weighted by Crippen LogP contribution is -1.94. The van der Waals surface area contributed by atoms with E-state index in [0.29, 0.717) is 12.0 Å². The predicted molar refractivity (Wildman–Crippen MR) is 49.3 cm³/mol. The van der Waals surface area contributed by atoms with Crippen LogP contribution in [0, 0.1) is 18.6 Å². The van der Waals surface area contributed by atoms with Gasteiger partial charge in [0.1, 0.15) is 0 Å². The summed E-state index contributed by atoms with van der Waals surface area (Å²) >= 11 is 0. The molecule has 0 aliphatic rings. The van der Waals surface area contributed by atoms with E-state index in [2.05, 4.69) is 13.5 Å². The van der Waals surface area contributed by atoms with Gasteiger partial charge in [0.15, 0.2) is 11.6 Å². The number of halogens is 2. The molecule has 0 aromatic heterocycles. The van der Waals surface area contributed by atoms with Crippen molar-refractivity contribution in [1.29, 1.82) is 0 Å². The lowest BCUT2D eigenvalue weighted by molar-refractivity contribution is 0.506. The van der Waals surface area contributed by atoms with Crippen LogP contribution in [0.15, 0.2) is 30.9 Å². The Balaban J connectivity index is 2.89. The summed E-state index contributed by atoms with van der Waals surface area (Å²) in [7, 11) is 0. The fourth-order valence-electron chi connectivity index (χ4n) is 1.10. The van der Waals surface area contributed by atoms with E-state index in [9.17, 15) is 8.78 Å². The van der Waals surface area contributed by atoms with Crippen LogP contribution in [0.4, 0.5) is 8.78 Å². The number of allylic oxidation sites excluding steroid dienone is 1. The molecule has 0 bridgehead atoms. The van der Waals surface area contributed by atoms with Crippen molar-refractivity contribution in [3.8, 4) is 0 Å². The van der Waals surface area contributed by atoms with Gasteiger partial charge in [0.05, 0.1) is 0 Å². The number of hydrogen-bond donors (Lipinski definition) is 0. The molecule has 13 heavy (non-hydrogen) atoms. The Hall–Kier alpha value is -1.18. The van der Waals surface area contributed by atoms with Crippen LogP contribution in [0.5, 0.6) is 0 Å². The first-order valence-electron chi connectivity index (χ1n) is 4.04. The van der Waals surface area contributed by atoms with Crippen molar-refractivity contribution in [1.82, 2.24) is 0 Å². The highest BCUT2D eigenvalue weighted by atomic mass is 19.2. The van der Waals surface area contributed by atoms with Crippen LogP contribution < -0.4 is 0 Å². The van der Waals surface area contributed by atoms with Gasteiger partial charge in [-0.1, -0.05) is 12.1 Å². The molecule has 0 saturated heterocycles. The van der Waals surface area contributed by atoms with Crippen LogP contribution in [0.25, 0.3) is 0 Å². The highest BCUT2D eigenvalue weighted by Gasteiger charge is 2.07. The predicted octanol–water partition coefficient (Wildman–Crippen LogP) is 3.46. The highest BCUT2D eigenvalue weighted by molar-refractivity contribution is 5.23. The number of rotatable bonds is 3. The molecule has 0 aliphatic heterocycles. The SMILES string of the molecule is [CH2]C(CC=C)c1ccc(F)c(F)c1. The van der Waals surface area contributed by atoms with Crippen molar-refractivity contribution < 1.29 is 8.78 Å². The lowest BCUT2D eigenvalue weighted by atomic mass is 9.98. The zero-order chi connectivity index (χ0) is 9.84. The van der Waals surface area contributed by atoms with Crippen molar-refractivity contribution in [2.45, 2.75) is 12.3 Å². The van der Waals surface area contributed by atoms with Crippen molar-refractivity contribution >= 4 is 0 Å². The molecular formula is C11H11F2. The van der Waals surface area contributed by atoms with Crippen molar-refractivity contribution in [2.75, 3.05) is 0 Å². The van der Waals surface area contributed by atoms with Crippen LogP contribution in [0.2, 0.25) is 0 Å². The van der Waals surface area contributed by atoms with E-state index >= 15 is 0 Å². The summed E-state index contributed by atoms with van der Waals surface area (Å²) < 4.78 is 25.3. The standard InChI is InChI=1S/C11H11F2/c1-3-4-8(2)9-5-6-10(12)11(13)7-9/h3,5-8H,1-2,4H2. The summed E-state index contributed by atoms with van der Waals surface area (Å²) in [5.74, 6) is -1.71. The van der Waals surface area contributed by atoms with E-state index in [-0.39, 0.29) is 5.92 Å². The molecule has 0 fully saturated rings. The highest BCUT2D eigenvalue weighted by Crippen LogP contribution is 2.20. The maximum absolute atomic E-state index is 12.8. The second-order valence-corrected chi connectivity index (χ2v) is 2.89. The quantitative estimate of drug-likeness (QED) is 0.626. The minimum Gasteiger partial charge on any atom is -0.204 e. The molecule has 0 spiro atoms. The molecule has 1 aromatic carbocycles. The first-order chi connectivity index (χ1) is 6.15. The second-order valence-electron chi connectivity index (χ2n) is 2.89. The van der Waals surface area contributed by atoms with E-state index in [1.165, 1.54) is 6.07 Å². The van der Waals surface area contributed by atoms with Gasteiger partial charge in [0.2, 0.25) is 0 Å². The molecule has 2 heteroatoms. The normalized spacial score (nSPS) is 12.5. The Morgan fingerprint density at radius 2 is 2.00 bits per heavy atom. The van der Waals surface area contributed by atoms with E-state index in [0.717, 1.165) is 6.07 Å². The molecule has 0 aliphatic carbocycles. The minimum atomic E-state index is -0.824. The van der Waals surface area contributed by atoms with E-state index in [1.54, 1.807) is 12.1 Å². The van der Waals surface area contributed by atoms with Crippen molar-refractivity contribution in [2.24, 2.45) is 0 Å². The van der Waals surface area contributed by atoms with Gasteiger partial charge >= 0.3 is 0 Å². The molecule has 0 saturated carbocycles. The average Bonchev–Trinajstić information content (AvgIpc) is 2.10. The molecule has 1 aromatic rings. The van der Waals surface area contributed by atoms with Gasteiger partial charge in [0.25, 0.3) is 0 Å². The third-order valence-electron chi connectivity index (χ3n) is 1.87. The van der Waals surface area contributed by atoms with Crippen LogP contribution in [-0.4, -0.2) is 0 Å². The Labute approximate surface area is 76.9 Å². The summed E-state index contributed by atoms with van der Waals surface area (Å²) in [4.78, 5) is 0. The Morgan fingerprint density at radius 3 is 2.54 bits per heavy atom. The lowest BCUT2D eigenvalue weighted by Gasteiger charge is -2.08. The van der Waals surface area contributed by atoms with Gasteiger partial charge in [0, 0.05) is 0 Å². The first kappa shape index (κ1) is 9.90.